The molecule has 164 valence electrons. The van der Waals surface area contributed by atoms with Gasteiger partial charge in [0.2, 0.25) is 0 Å². The number of aryl methyl sites for hydroxylation is 1. The number of amides is 1. The predicted molar refractivity (Wildman–Crippen MR) is 121 cm³/mol. The van der Waals surface area contributed by atoms with E-state index in [1.54, 1.807) is 60.7 Å². The second kappa shape index (κ2) is 11.3. The van der Waals surface area contributed by atoms with E-state index >= 15 is 0 Å². The van der Waals surface area contributed by atoms with Crippen molar-refractivity contribution in [1.29, 1.82) is 0 Å². The van der Waals surface area contributed by atoms with Crippen molar-refractivity contribution in [3.63, 3.8) is 0 Å². The van der Waals surface area contributed by atoms with Crippen molar-refractivity contribution < 1.29 is 23.8 Å². The van der Waals surface area contributed by atoms with E-state index in [9.17, 15) is 9.59 Å². The minimum Gasteiger partial charge on any atom is -0.494 e. The molecule has 0 aromatic heterocycles. The van der Waals surface area contributed by atoms with Gasteiger partial charge in [-0.1, -0.05) is 17.7 Å². The van der Waals surface area contributed by atoms with Crippen LogP contribution in [-0.2, 0) is 4.79 Å². The predicted octanol–water partition coefficient (Wildman–Crippen LogP) is 4.14. The minimum atomic E-state index is -0.463. The first-order chi connectivity index (χ1) is 15.5. The highest BCUT2D eigenvalue weighted by atomic mass is 16.5. The summed E-state index contributed by atoms with van der Waals surface area (Å²) in [6.07, 6.45) is 1.49. The Morgan fingerprint density at radius 2 is 1.44 bits per heavy atom. The van der Waals surface area contributed by atoms with Gasteiger partial charge in [-0.05, 0) is 80.1 Å². The van der Waals surface area contributed by atoms with Gasteiger partial charge in [-0.3, -0.25) is 4.79 Å². The first kappa shape index (κ1) is 22.6. The molecule has 0 saturated heterocycles. The van der Waals surface area contributed by atoms with Gasteiger partial charge in [0, 0.05) is 0 Å². The molecule has 0 heterocycles. The molecule has 0 spiro atoms. The zero-order valence-electron chi connectivity index (χ0n) is 17.9. The summed E-state index contributed by atoms with van der Waals surface area (Å²) in [4.78, 5) is 24.1. The number of nitrogens with one attached hydrogen (secondary N) is 1. The number of esters is 1. The molecule has 0 aliphatic rings. The highest BCUT2D eigenvalue weighted by Crippen LogP contribution is 2.16. The quantitative estimate of drug-likeness (QED) is 0.238. The fourth-order valence-corrected chi connectivity index (χ4v) is 2.64. The average molecular weight is 432 g/mol. The summed E-state index contributed by atoms with van der Waals surface area (Å²) in [7, 11) is 0. The number of nitrogens with zero attached hydrogens (tertiary/aromatic N) is 1. The summed E-state index contributed by atoms with van der Waals surface area (Å²) >= 11 is 0. The van der Waals surface area contributed by atoms with Crippen LogP contribution in [0.1, 0.15) is 28.4 Å². The molecule has 3 aromatic rings. The normalized spacial score (nSPS) is 10.6. The summed E-state index contributed by atoms with van der Waals surface area (Å²) in [5.74, 6) is 0.876. The maximum absolute atomic E-state index is 12.2. The molecule has 0 bridgehead atoms. The molecule has 3 rings (SSSR count). The van der Waals surface area contributed by atoms with Crippen LogP contribution >= 0.6 is 0 Å². The molecule has 0 fully saturated rings. The van der Waals surface area contributed by atoms with E-state index in [-0.39, 0.29) is 12.5 Å². The third kappa shape index (κ3) is 6.98. The Kier molecular flexibility index (Phi) is 7.97. The average Bonchev–Trinajstić information content (AvgIpc) is 2.80. The number of carbonyl (C=O) groups excluding carboxylic acids is 2. The van der Waals surface area contributed by atoms with E-state index in [0.29, 0.717) is 29.4 Å². The Morgan fingerprint density at radius 3 is 2.09 bits per heavy atom. The first-order valence-corrected chi connectivity index (χ1v) is 10.1. The Balaban J connectivity index is 1.45. The van der Waals surface area contributed by atoms with Gasteiger partial charge in [-0.25, -0.2) is 10.2 Å². The van der Waals surface area contributed by atoms with Crippen molar-refractivity contribution in [2.75, 3.05) is 13.2 Å². The van der Waals surface area contributed by atoms with Crippen LogP contribution in [0.5, 0.6) is 17.2 Å². The van der Waals surface area contributed by atoms with Crippen LogP contribution in [0.4, 0.5) is 0 Å². The van der Waals surface area contributed by atoms with Crippen LogP contribution in [0.25, 0.3) is 0 Å². The zero-order valence-corrected chi connectivity index (χ0v) is 17.9. The molecular weight excluding hydrogens is 408 g/mol. The maximum atomic E-state index is 12.2. The van der Waals surface area contributed by atoms with Crippen LogP contribution in [0.3, 0.4) is 0 Å². The van der Waals surface area contributed by atoms with E-state index in [4.69, 9.17) is 14.2 Å². The standard InChI is InChI=1S/C25H24N2O5/c1-3-30-21-14-8-20(9-15-21)25(29)32-23-12-6-19(7-13-23)16-26-27-24(28)17-31-22-10-4-18(2)5-11-22/h4-16H,3,17H2,1-2H3,(H,27,28)/b26-16+. The highest BCUT2D eigenvalue weighted by Gasteiger charge is 2.09. The van der Waals surface area contributed by atoms with Crippen molar-refractivity contribution in [3.05, 3.63) is 89.5 Å². The first-order valence-electron chi connectivity index (χ1n) is 10.1. The highest BCUT2D eigenvalue weighted by molar-refractivity contribution is 5.91. The largest absolute Gasteiger partial charge is 0.494 e. The number of hydrogen-bond acceptors (Lipinski definition) is 6. The van der Waals surface area contributed by atoms with Crippen LogP contribution in [0.2, 0.25) is 0 Å². The Labute approximate surface area is 186 Å². The van der Waals surface area contributed by atoms with Gasteiger partial charge in [-0.2, -0.15) is 5.10 Å². The molecule has 0 unspecified atom stereocenters. The Hall–Kier alpha value is -4.13. The maximum Gasteiger partial charge on any atom is 0.343 e. The number of hydrazone groups is 1. The molecule has 7 heteroatoms. The molecule has 0 saturated carbocycles. The van der Waals surface area contributed by atoms with Crippen molar-refractivity contribution in [1.82, 2.24) is 5.43 Å². The molecule has 3 aromatic carbocycles. The van der Waals surface area contributed by atoms with Crippen molar-refractivity contribution >= 4 is 18.1 Å². The zero-order chi connectivity index (χ0) is 22.8. The lowest BCUT2D eigenvalue weighted by molar-refractivity contribution is -0.123. The number of benzene rings is 3. The number of hydrogen-bond donors (Lipinski definition) is 1. The second-order valence-electron chi connectivity index (χ2n) is 6.81. The van der Waals surface area contributed by atoms with Crippen LogP contribution in [0.15, 0.2) is 77.9 Å². The lowest BCUT2D eigenvalue weighted by Gasteiger charge is -2.06. The SMILES string of the molecule is CCOc1ccc(C(=O)Oc2ccc(/C=N/NC(=O)COc3ccc(C)cc3)cc2)cc1. The second-order valence-corrected chi connectivity index (χ2v) is 6.81. The molecule has 0 aliphatic heterocycles. The number of ether oxygens (including phenoxy) is 3. The molecule has 0 radical (unpaired) electrons. The lowest BCUT2D eigenvalue weighted by Crippen LogP contribution is -2.24. The van der Waals surface area contributed by atoms with Crippen molar-refractivity contribution in [3.8, 4) is 17.2 Å². The monoisotopic (exact) mass is 432 g/mol. The van der Waals surface area contributed by atoms with Gasteiger partial charge in [0.1, 0.15) is 17.2 Å². The summed E-state index contributed by atoms with van der Waals surface area (Å²) in [6, 6.07) is 20.9. The summed E-state index contributed by atoms with van der Waals surface area (Å²) in [6.45, 7) is 4.29. The number of carbonyl (C=O) groups is 2. The van der Waals surface area contributed by atoms with Gasteiger partial charge >= 0.3 is 5.97 Å². The summed E-state index contributed by atoms with van der Waals surface area (Å²) in [5, 5.41) is 3.91. The molecule has 1 amide bonds. The third-order valence-electron chi connectivity index (χ3n) is 4.29. The Bertz CT molecular complexity index is 1060. The number of rotatable bonds is 9. The third-order valence-corrected chi connectivity index (χ3v) is 4.29. The molecular formula is C25H24N2O5. The van der Waals surface area contributed by atoms with Gasteiger partial charge < -0.3 is 14.2 Å². The Morgan fingerprint density at radius 1 is 0.844 bits per heavy atom. The van der Waals surface area contributed by atoms with Crippen molar-refractivity contribution in [2.24, 2.45) is 5.10 Å². The molecule has 1 N–H and O–H groups in total. The molecule has 32 heavy (non-hydrogen) atoms. The summed E-state index contributed by atoms with van der Waals surface area (Å²) < 4.78 is 16.1. The van der Waals surface area contributed by atoms with E-state index in [1.807, 2.05) is 26.0 Å². The van der Waals surface area contributed by atoms with Crippen LogP contribution in [0, 0.1) is 6.92 Å². The fourth-order valence-electron chi connectivity index (χ4n) is 2.64. The van der Waals surface area contributed by atoms with E-state index in [1.165, 1.54) is 6.21 Å². The van der Waals surface area contributed by atoms with Gasteiger partial charge in [0.15, 0.2) is 6.61 Å². The summed E-state index contributed by atoms with van der Waals surface area (Å²) in [5.41, 5.74) is 4.67. The lowest BCUT2D eigenvalue weighted by atomic mass is 10.2. The minimum absolute atomic E-state index is 0.138. The van der Waals surface area contributed by atoms with E-state index in [0.717, 1.165) is 11.1 Å². The van der Waals surface area contributed by atoms with Crippen LogP contribution in [-0.4, -0.2) is 31.3 Å². The smallest absolute Gasteiger partial charge is 0.343 e. The van der Waals surface area contributed by atoms with E-state index < -0.39 is 5.97 Å². The molecule has 0 aliphatic carbocycles. The van der Waals surface area contributed by atoms with Gasteiger partial charge in [0.25, 0.3) is 5.91 Å². The topological polar surface area (TPSA) is 86.2 Å². The fraction of sp³-hybridized carbons (Fsp3) is 0.160. The molecule has 7 nitrogen and oxygen atoms in total. The van der Waals surface area contributed by atoms with Crippen LogP contribution < -0.4 is 19.6 Å². The van der Waals surface area contributed by atoms with Gasteiger partial charge in [0.05, 0.1) is 18.4 Å². The van der Waals surface area contributed by atoms with Gasteiger partial charge in [-0.15, -0.1) is 0 Å². The van der Waals surface area contributed by atoms with Crippen molar-refractivity contribution in [2.45, 2.75) is 13.8 Å². The van der Waals surface area contributed by atoms with E-state index in [2.05, 4.69) is 10.5 Å². The molecule has 0 atom stereocenters.